The van der Waals surface area contributed by atoms with Crippen LogP contribution in [0.2, 0.25) is 0 Å². The molecular weight excluding hydrogens is 268 g/mol. The summed E-state index contributed by atoms with van der Waals surface area (Å²) in [5, 5.41) is 0. The normalized spacial score (nSPS) is 13.7. The van der Waals surface area contributed by atoms with Gasteiger partial charge in [0, 0.05) is 21.9 Å². The van der Waals surface area contributed by atoms with Gasteiger partial charge >= 0.3 is 0 Å². The Morgan fingerprint density at radius 3 is 1.82 bits per heavy atom. The number of nitrogens with zero attached hydrogens (tertiary/aromatic N) is 1. The first kappa shape index (κ1) is 19.3. The smallest absolute Gasteiger partial charge is 0.112 e. The highest BCUT2D eigenvalue weighted by molar-refractivity contribution is 5.31. The molecule has 1 N–H and O–H groups in total. The van der Waals surface area contributed by atoms with Crippen molar-refractivity contribution in [2.45, 2.75) is 111 Å². The zero-order valence-corrected chi connectivity index (χ0v) is 16.5. The van der Waals surface area contributed by atoms with Crippen LogP contribution in [-0.2, 0) is 16.2 Å². The molecule has 1 aromatic rings. The lowest BCUT2D eigenvalue weighted by molar-refractivity contribution is 0.417. The lowest BCUT2D eigenvalue weighted by Crippen LogP contribution is -2.26. The molecule has 0 aliphatic carbocycles. The van der Waals surface area contributed by atoms with Crippen molar-refractivity contribution in [1.29, 1.82) is 0 Å². The Morgan fingerprint density at radius 2 is 1.36 bits per heavy atom. The van der Waals surface area contributed by atoms with E-state index in [0.717, 1.165) is 18.7 Å². The highest BCUT2D eigenvalue weighted by Gasteiger charge is 2.35. The Morgan fingerprint density at radius 1 is 0.818 bits per heavy atom. The number of H-pyrrole nitrogens is 1. The molecule has 1 heterocycles. The van der Waals surface area contributed by atoms with Crippen molar-refractivity contribution in [3.8, 4) is 0 Å². The van der Waals surface area contributed by atoms with E-state index in [4.69, 9.17) is 4.98 Å². The summed E-state index contributed by atoms with van der Waals surface area (Å²) in [6.45, 7) is 20.8. The van der Waals surface area contributed by atoms with Crippen molar-refractivity contribution in [3.05, 3.63) is 17.2 Å². The molecule has 0 spiro atoms. The van der Waals surface area contributed by atoms with E-state index in [2.05, 4.69) is 67.3 Å². The highest BCUT2D eigenvalue weighted by atomic mass is 15.0. The van der Waals surface area contributed by atoms with Crippen LogP contribution in [0.5, 0.6) is 0 Å². The summed E-state index contributed by atoms with van der Waals surface area (Å²) < 4.78 is 0. The molecule has 0 amide bonds. The first-order valence-corrected chi connectivity index (χ1v) is 9.13. The molecule has 128 valence electrons. The van der Waals surface area contributed by atoms with Gasteiger partial charge in [0.05, 0.1) is 5.69 Å². The molecule has 2 nitrogen and oxygen atoms in total. The van der Waals surface area contributed by atoms with Gasteiger partial charge in [0.1, 0.15) is 5.82 Å². The summed E-state index contributed by atoms with van der Waals surface area (Å²) in [7, 11) is 0. The monoisotopic (exact) mass is 306 g/mol. The number of imidazole rings is 1. The average molecular weight is 307 g/mol. The van der Waals surface area contributed by atoms with Crippen molar-refractivity contribution in [3.63, 3.8) is 0 Å². The number of aromatic amines is 1. The second kappa shape index (κ2) is 6.76. The van der Waals surface area contributed by atoms with E-state index in [0.29, 0.717) is 0 Å². The van der Waals surface area contributed by atoms with Crippen LogP contribution in [-0.4, -0.2) is 9.97 Å². The molecule has 22 heavy (non-hydrogen) atoms. The molecular formula is C20H38N2. The Hall–Kier alpha value is -0.790. The summed E-state index contributed by atoms with van der Waals surface area (Å²) in [6.07, 6.45) is 5.93. The van der Waals surface area contributed by atoms with Crippen molar-refractivity contribution in [2.24, 2.45) is 0 Å². The Labute approximate surface area is 138 Å². The summed E-state index contributed by atoms with van der Waals surface area (Å²) in [5.74, 6) is 1.16. The molecule has 1 aromatic heterocycles. The van der Waals surface area contributed by atoms with Crippen LogP contribution in [0.3, 0.4) is 0 Å². The maximum absolute atomic E-state index is 5.14. The van der Waals surface area contributed by atoms with Gasteiger partial charge < -0.3 is 4.98 Å². The van der Waals surface area contributed by atoms with Gasteiger partial charge in [0.15, 0.2) is 0 Å². The van der Waals surface area contributed by atoms with Crippen LogP contribution in [0, 0.1) is 0 Å². The summed E-state index contributed by atoms with van der Waals surface area (Å²) in [5.41, 5.74) is 3.04. The Bertz CT molecular complexity index is 478. The molecule has 2 heteroatoms. The maximum atomic E-state index is 5.14. The number of nitrogens with one attached hydrogen (secondary N) is 1. The zero-order valence-electron chi connectivity index (χ0n) is 16.5. The van der Waals surface area contributed by atoms with Crippen LogP contribution >= 0.6 is 0 Å². The van der Waals surface area contributed by atoms with Crippen molar-refractivity contribution >= 4 is 0 Å². The van der Waals surface area contributed by atoms with Crippen LogP contribution in [0.25, 0.3) is 0 Å². The van der Waals surface area contributed by atoms with Gasteiger partial charge in [-0.1, -0.05) is 75.2 Å². The third-order valence-electron chi connectivity index (χ3n) is 5.59. The molecule has 0 radical (unpaired) electrons. The van der Waals surface area contributed by atoms with Gasteiger partial charge in [-0.2, -0.15) is 0 Å². The third kappa shape index (κ3) is 3.94. The molecule has 0 fully saturated rings. The molecule has 0 aromatic carbocycles. The van der Waals surface area contributed by atoms with Crippen LogP contribution in [0.15, 0.2) is 0 Å². The fourth-order valence-corrected chi connectivity index (χ4v) is 2.75. The standard InChI is InChI=1S/C20H38N2/c1-10-13-14-20(8,9)16-15(18(4,5)11-2)21-17(22-16)19(6,7)12-3/h10-14H2,1-9H3,(H,21,22). The minimum atomic E-state index is 0.109. The predicted octanol–water partition coefficient (Wildman–Crippen LogP) is 6.25. The summed E-state index contributed by atoms with van der Waals surface area (Å²) in [6, 6.07) is 0. The minimum Gasteiger partial charge on any atom is -0.345 e. The van der Waals surface area contributed by atoms with Gasteiger partial charge in [-0.15, -0.1) is 0 Å². The largest absolute Gasteiger partial charge is 0.345 e. The van der Waals surface area contributed by atoms with Crippen molar-refractivity contribution in [1.82, 2.24) is 9.97 Å². The van der Waals surface area contributed by atoms with Gasteiger partial charge in [-0.05, 0) is 19.3 Å². The summed E-state index contributed by atoms with van der Waals surface area (Å²) >= 11 is 0. The van der Waals surface area contributed by atoms with E-state index in [1.54, 1.807) is 0 Å². The lowest BCUT2D eigenvalue weighted by Gasteiger charge is -2.29. The van der Waals surface area contributed by atoms with E-state index in [-0.39, 0.29) is 16.2 Å². The van der Waals surface area contributed by atoms with E-state index < -0.39 is 0 Å². The maximum Gasteiger partial charge on any atom is 0.112 e. The second-order valence-electron chi connectivity index (χ2n) is 8.77. The zero-order chi connectivity index (χ0) is 17.2. The molecule has 0 aliphatic rings. The SMILES string of the molecule is CCCCC(C)(C)c1nc(C(C)(C)CC)[nH]c1C(C)(C)CC. The lowest BCUT2D eigenvalue weighted by atomic mass is 9.76. The average Bonchev–Trinajstić information content (AvgIpc) is 2.92. The van der Waals surface area contributed by atoms with Crippen molar-refractivity contribution in [2.75, 3.05) is 0 Å². The van der Waals surface area contributed by atoms with Gasteiger partial charge in [0.2, 0.25) is 0 Å². The number of rotatable bonds is 8. The van der Waals surface area contributed by atoms with Crippen LogP contribution in [0.1, 0.15) is 112 Å². The van der Waals surface area contributed by atoms with Crippen LogP contribution in [0.4, 0.5) is 0 Å². The molecule has 0 aliphatic heterocycles. The fourth-order valence-electron chi connectivity index (χ4n) is 2.75. The second-order valence-corrected chi connectivity index (χ2v) is 8.77. The number of unbranched alkanes of at least 4 members (excludes halogenated alkanes) is 1. The number of aromatic nitrogens is 2. The van der Waals surface area contributed by atoms with E-state index in [9.17, 15) is 0 Å². The molecule has 0 saturated heterocycles. The molecule has 0 bridgehead atoms. The van der Waals surface area contributed by atoms with Gasteiger partial charge in [-0.3, -0.25) is 0 Å². The predicted molar refractivity (Wildman–Crippen MR) is 97.8 cm³/mol. The van der Waals surface area contributed by atoms with E-state index >= 15 is 0 Å². The Kier molecular flexibility index (Phi) is 5.92. The highest BCUT2D eigenvalue weighted by Crippen LogP contribution is 2.39. The van der Waals surface area contributed by atoms with Crippen molar-refractivity contribution < 1.29 is 0 Å². The topological polar surface area (TPSA) is 28.7 Å². The fraction of sp³-hybridized carbons (Fsp3) is 0.850. The molecule has 1 rings (SSSR count). The van der Waals surface area contributed by atoms with Crippen LogP contribution < -0.4 is 0 Å². The molecule has 0 atom stereocenters. The van der Waals surface area contributed by atoms with E-state index in [1.807, 2.05) is 0 Å². The van der Waals surface area contributed by atoms with Gasteiger partial charge in [-0.25, -0.2) is 4.98 Å². The quantitative estimate of drug-likeness (QED) is 0.604. The minimum absolute atomic E-state index is 0.109. The van der Waals surface area contributed by atoms with E-state index in [1.165, 1.54) is 30.7 Å². The number of hydrogen-bond acceptors (Lipinski definition) is 1. The first-order chi connectivity index (χ1) is 10.0. The first-order valence-electron chi connectivity index (χ1n) is 9.13. The Balaban J connectivity index is 3.41. The molecule has 0 unspecified atom stereocenters. The third-order valence-corrected chi connectivity index (χ3v) is 5.59. The number of hydrogen-bond donors (Lipinski definition) is 1. The molecule has 0 saturated carbocycles. The summed E-state index contributed by atoms with van der Waals surface area (Å²) in [4.78, 5) is 8.87. The van der Waals surface area contributed by atoms with Gasteiger partial charge in [0.25, 0.3) is 0 Å².